The highest BCUT2D eigenvalue weighted by atomic mass is 16.5. The molecule has 21 heavy (non-hydrogen) atoms. The smallest absolute Gasteiger partial charge is 0.242 e. The van der Waals surface area contributed by atoms with Gasteiger partial charge in [0.1, 0.15) is 11.2 Å². The van der Waals surface area contributed by atoms with Crippen LogP contribution in [0.2, 0.25) is 0 Å². The molecule has 0 saturated heterocycles. The van der Waals surface area contributed by atoms with Gasteiger partial charge in [-0.1, -0.05) is 55.8 Å². The largest absolute Gasteiger partial charge is 0.618 e. The molecule has 0 aliphatic rings. The molecule has 3 aromatic rings. The van der Waals surface area contributed by atoms with Crippen LogP contribution in [-0.2, 0) is 6.42 Å². The van der Waals surface area contributed by atoms with Crippen LogP contribution in [0.3, 0.4) is 0 Å². The summed E-state index contributed by atoms with van der Waals surface area (Å²) in [5.74, 6) is 0. The number of unbranched alkanes of at least 4 members (excludes halogenated alkanes) is 1. The van der Waals surface area contributed by atoms with Crippen LogP contribution in [0.25, 0.3) is 22.3 Å². The van der Waals surface area contributed by atoms with E-state index in [2.05, 4.69) is 6.92 Å². The fourth-order valence-electron chi connectivity index (χ4n) is 2.55. The Hall–Kier alpha value is -2.42. The van der Waals surface area contributed by atoms with Crippen molar-refractivity contribution < 1.29 is 4.73 Å². The van der Waals surface area contributed by atoms with Gasteiger partial charge in [0, 0.05) is 18.1 Å². The first-order chi connectivity index (χ1) is 10.3. The van der Waals surface area contributed by atoms with Crippen molar-refractivity contribution in [2.45, 2.75) is 26.2 Å². The molecule has 0 aliphatic carbocycles. The van der Waals surface area contributed by atoms with Gasteiger partial charge in [0.15, 0.2) is 0 Å². The third-order valence-electron chi connectivity index (χ3n) is 3.67. The van der Waals surface area contributed by atoms with Gasteiger partial charge >= 0.3 is 0 Å². The first-order valence-corrected chi connectivity index (χ1v) is 7.38. The van der Waals surface area contributed by atoms with E-state index in [0.29, 0.717) is 5.52 Å². The number of fused-ring (bicyclic) bond motifs is 1. The predicted molar refractivity (Wildman–Crippen MR) is 84.8 cm³/mol. The van der Waals surface area contributed by atoms with Gasteiger partial charge in [-0.25, -0.2) is 4.98 Å². The van der Waals surface area contributed by atoms with E-state index in [-0.39, 0.29) is 0 Å². The van der Waals surface area contributed by atoms with E-state index in [1.165, 1.54) is 0 Å². The SMILES string of the molecule is CCCCc1c(-c2ccccc2)nc2ccccc2[n+]1[O-]. The number of hydrogen-bond acceptors (Lipinski definition) is 2. The Morgan fingerprint density at radius 3 is 2.48 bits per heavy atom. The van der Waals surface area contributed by atoms with Gasteiger partial charge < -0.3 is 5.21 Å². The van der Waals surface area contributed by atoms with E-state index in [0.717, 1.165) is 46.5 Å². The van der Waals surface area contributed by atoms with Crippen LogP contribution in [0.1, 0.15) is 25.5 Å². The summed E-state index contributed by atoms with van der Waals surface area (Å²) in [5.41, 5.74) is 3.95. The number of para-hydroxylation sites is 2. The minimum atomic E-state index is 0.642. The molecule has 3 nitrogen and oxygen atoms in total. The molecule has 0 fully saturated rings. The van der Waals surface area contributed by atoms with Crippen molar-refractivity contribution in [3.05, 3.63) is 65.5 Å². The summed E-state index contributed by atoms with van der Waals surface area (Å²) in [4.78, 5) is 4.74. The lowest BCUT2D eigenvalue weighted by Gasteiger charge is -2.12. The third-order valence-corrected chi connectivity index (χ3v) is 3.67. The van der Waals surface area contributed by atoms with Crippen molar-refractivity contribution in [1.82, 2.24) is 4.98 Å². The molecule has 3 heteroatoms. The quantitative estimate of drug-likeness (QED) is 0.536. The molecule has 0 N–H and O–H groups in total. The highest BCUT2D eigenvalue weighted by Crippen LogP contribution is 2.23. The molecule has 1 aromatic heterocycles. The van der Waals surface area contributed by atoms with E-state index in [9.17, 15) is 5.21 Å². The van der Waals surface area contributed by atoms with Crippen LogP contribution >= 0.6 is 0 Å². The van der Waals surface area contributed by atoms with E-state index in [1.807, 2.05) is 54.6 Å². The standard InChI is InChI=1S/C18H18N2O/c1-2-3-12-17-18(14-9-5-4-6-10-14)19-15-11-7-8-13-16(15)20(17)21/h4-11,13H,2-3,12H2,1H3. The number of nitrogens with zero attached hydrogens (tertiary/aromatic N) is 2. The summed E-state index contributed by atoms with van der Waals surface area (Å²) < 4.78 is 1.06. The molecule has 0 spiro atoms. The Kier molecular flexibility index (Phi) is 3.82. The van der Waals surface area contributed by atoms with Crippen LogP contribution in [-0.4, -0.2) is 4.98 Å². The predicted octanol–water partition coefficient (Wildman–Crippen LogP) is 3.88. The second kappa shape index (κ2) is 5.92. The summed E-state index contributed by atoms with van der Waals surface area (Å²) >= 11 is 0. The molecular formula is C18H18N2O. The summed E-state index contributed by atoms with van der Waals surface area (Å²) in [6.07, 6.45) is 2.80. The van der Waals surface area contributed by atoms with Gasteiger partial charge in [0.2, 0.25) is 11.2 Å². The minimum Gasteiger partial charge on any atom is -0.618 e. The highest BCUT2D eigenvalue weighted by Gasteiger charge is 2.19. The van der Waals surface area contributed by atoms with Gasteiger partial charge in [0.05, 0.1) is 0 Å². The Morgan fingerprint density at radius 1 is 1.00 bits per heavy atom. The van der Waals surface area contributed by atoms with Crippen molar-refractivity contribution in [3.8, 4) is 11.3 Å². The molecule has 0 unspecified atom stereocenters. The summed E-state index contributed by atoms with van der Waals surface area (Å²) in [5, 5.41) is 12.7. The number of benzene rings is 2. The zero-order chi connectivity index (χ0) is 14.7. The first-order valence-electron chi connectivity index (χ1n) is 7.38. The monoisotopic (exact) mass is 278 g/mol. The maximum absolute atomic E-state index is 12.7. The van der Waals surface area contributed by atoms with Gasteiger partial charge in [-0.05, 0) is 12.5 Å². The lowest BCUT2D eigenvalue weighted by Crippen LogP contribution is -2.34. The van der Waals surface area contributed by atoms with E-state index >= 15 is 0 Å². The third kappa shape index (κ3) is 2.59. The summed E-state index contributed by atoms with van der Waals surface area (Å²) in [7, 11) is 0. The molecule has 0 saturated carbocycles. The first kappa shape index (κ1) is 13.6. The van der Waals surface area contributed by atoms with Gasteiger partial charge in [-0.2, -0.15) is 4.73 Å². The Bertz CT molecular complexity index is 754. The molecular weight excluding hydrogens is 260 g/mol. The Labute approximate surface area is 124 Å². The maximum Gasteiger partial charge on any atom is 0.242 e. The average Bonchev–Trinajstić information content (AvgIpc) is 2.55. The van der Waals surface area contributed by atoms with Crippen molar-refractivity contribution in [2.24, 2.45) is 0 Å². The topological polar surface area (TPSA) is 39.8 Å². The van der Waals surface area contributed by atoms with E-state index < -0.39 is 0 Å². The van der Waals surface area contributed by atoms with Gasteiger partial charge in [-0.3, -0.25) is 0 Å². The zero-order valence-electron chi connectivity index (χ0n) is 12.1. The van der Waals surface area contributed by atoms with Crippen LogP contribution in [0, 0.1) is 5.21 Å². The fourth-order valence-corrected chi connectivity index (χ4v) is 2.55. The number of aromatic nitrogens is 2. The molecule has 106 valence electrons. The molecule has 2 aromatic carbocycles. The molecule has 0 atom stereocenters. The van der Waals surface area contributed by atoms with Gasteiger partial charge in [-0.15, -0.1) is 0 Å². The van der Waals surface area contributed by atoms with Crippen molar-refractivity contribution in [3.63, 3.8) is 0 Å². The van der Waals surface area contributed by atoms with Crippen LogP contribution in [0.4, 0.5) is 0 Å². The molecule has 0 aliphatic heterocycles. The molecule has 0 radical (unpaired) electrons. The number of rotatable bonds is 4. The second-order valence-corrected chi connectivity index (χ2v) is 5.16. The van der Waals surface area contributed by atoms with Crippen molar-refractivity contribution >= 4 is 11.0 Å². The lowest BCUT2D eigenvalue weighted by molar-refractivity contribution is -0.585. The minimum absolute atomic E-state index is 0.642. The van der Waals surface area contributed by atoms with Crippen molar-refractivity contribution in [1.29, 1.82) is 0 Å². The normalized spacial score (nSPS) is 10.9. The Morgan fingerprint density at radius 2 is 1.71 bits per heavy atom. The molecule has 3 rings (SSSR count). The molecule has 1 heterocycles. The lowest BCUT2D eigenvalue weighted by atomic mass is 10.1. The zero-order valence-corrected chi connectivity index (χ0v) is 12.1. The second-order valence-electron chi connectivity index (χ2n) is 5.16. The Balaban J connectivity index is 2.25. The van der Waals surface area contributed by atoms with Gasteiger partial charge in [0.25, 0.3) is 0 Å². The van der Waals surface area contributed by atoms with E-state index in [1.54, 1.807) is 0 Å². The van der Waals surface area contributed by atoms with E-state index in [4.69, 9.17) is 4.98 Å². The fraction of sp³-hybridized carbons (Fsp3) is 0.222. The maximum atomic E-state index is 12.7. The van der Waals surface area contributed by atoms with Crippen LogP contribution in [0.5, 0.6) is 0 Å². The highest BCUT2D eigenvalue weighted by molar-refractivity contribution is 5.75. The van der Waals surface area contributed by atoms with Crippen LogP contribution < -0.4 is 4.73 Å². The average molecular weight is 278 g/mol. The summed E-state index contributed by atoms with van der Waals surface area (Å²) in [6.45, 7) is 2.13. The van der Waals surface area contributed by atoms with Crippen molar-refractivity contribution in [2.75, 3.05) is 0 Å². The molecule has 0 bridgehead atoms. The molecule has 0 amide bonds. The van der Waals surface area contributed by atoms with Crippen LogP contribution in [0.15, 0.2) is 54.6 Å². The number of hydrogen-bond donors (Lipinski definition) is 0. The summed E-state index contributed by atoms with van der Waals surface area (Å²) in [6, 6.07) is 17.5.